The van der Waals surface area contributed by atoms with Gasteiger partial charge < -0.3 is 10.4 Å². The molecule has 1 amide bonds. The van der Waals surface area contributed by atoms with Crippen molar-refractivity contribution in [3.63, 3.8) is 0 Å². The van der Waals surface area contributed by atoms with Gasteiger partial charge in [0.1, 0.15) is 0 Å². The molecule has 1 fully saturated rings. The van der Waals surface area contributed by atoms with Crippen LogP contribution in [0, 0.1) is 5.92 Å². The van der Waals surface area contributed by atoms with Crippen LogP contribution in [0.25, 0.3) is 0 Å². The molecule has 18 heavy (non-hydrogen) atoms. The van der Waals surface area contributed by atoms with Gasteiger partial charge in [-0.1, -0.05) is 36.8 Å². The quantitative estimate of drug-likeness (QED) is 0.835. The van der Waals surface area contributed by atoms with Crippen molar-refractivity contribution >= 4 is 5.91 Å². The lowest BCUT2D eigenvalue weighted by Gasteiger charge is -2.28. The molecule has 3 nitrogen and oxygen atoms in total. The maximum Gasteiger partial charge on any atom is 0.223 e. The Labute approximate surface area is 108 Å². The van der Waals surface area contributed by atoms with E-state index in [9.17, 15) is 9.90 Å². The number of nitrogens with one attached hydrogen (secondary N) is 1. The topological polar surface area (TPSA) is 49.3 Å². The van der Waals surface area contributed by atoms with Crippen LogP contribution in [0.5, 0.6) is 0 Å². The summed E-state index contributed by atoms with van der Waals surface area (Å²) in [6.07, 6.45) is 3.18. The monoisotopic (exact) mass is 247 g/mol. The Kier molecular flexibility index (Phi) is 4.37. The zero-order chi connectivity index (χ0) is 13.0. The van der Waals surface area contributed by atoms with E-state index < -0.39 is 6.10 Å². The first-order chi connectivity index (χ1) is 8.66. The Morgan fingerprint density at radius 1 is 1.39 bits per heavy atom. The first-order valence-corrected chi connectivity index (χ1v) is 6.69. The molecule has 2 N–H and O–H groups in total. The fourth-order valence-electron chi connectivity index (χ4n) is 2.14. The molecule has 2 atom stereocenters. The highest BCUT2D eigenvalue weighted by Gasteiger charge is 2.27. The summed E-state index contributed by atoms with van der Waals surface area (Å²) >= 11 is 0. The third kappa shape index (κ3) is 3.33. The molecule has 98 valence electrons. The molecule has 0 saturated heterocycles. The highest BCUT2D eigenvalue weighted by atomic mass is 16.3. The number of benzene rings is 1. The lowest BCUT2D eigenvalue weighted by Crippen LogP contribution is -2.45. The van der Waals surface area contributed by atoms with Crippen molar-refractivity contribution in [1.29, 1.82) is 0 Å². The maximum absolute atomic E-state index is 11.8. The molecule has 1 aromatic rings. The van der Waals surface area contributed by atoms with E-state index in [-0.39, 0.29) is 17.9 Å². The summed E-state index contributed by atoms with van der Waals surface area (Å²) < 4.78 is 0. The molecule has 0 bridgehead atoms. The van der Waals surface area contributed by atoms with Crippen LogP contribution in [-0.4, -0.2) is 23.2 Å². The third-order valence-corrected chi connectivity index (χ3v) is 3.71. The van der Waals surface area contributed by atoms with Crippen LogP contribution in [-0.2, 0) is 11.2 Å². The van der Waals surface area contributed by atoms with Gasteiger partial charge >= 0.3 is 0 Å². The van der Waals surface area contributed by atoms with Crippen LogP contribution in [0.1, 0.15) is 31.7 Å². The molecule has 2 rings (SSSR count). The van der Waals surface area contributed by atoms with E-state index in [0.717, 1.165) is 24.8 Å². The van der Waals surface area contributed by atoms with Gasteiger partial charge in [0, 0.05) is 12.3 Å². The van der Waals surface area contributed by atoms with Gasteiger partial charge in [0.2, 0.25) is 5.91 Å². The molecular weight excluding hydrogens is 226 g/mol. The second-order valence-electron chi connectivity index (χ2n) is 5.18. The minimum Gasteiger partial charge on any atom is -0.391 e. The van der Waals surface area contributed by atoms with Crippen LogP contribution in [0.3, 0.4) is 0 Å². The summed E-state index contributed by atoms with van der Waals surface area (Å²) in [6, 6.07) is 9.66. The predicted molar refractivity (Wildman–Crippen MR) is 71.1 cm³/mol. The van der Waals surface area contributed by atoms with E-state index in [1.165, 1.54) is 0 Å². The zero-order valence-corrected chi connectivity index (χ0v) is 10.8. The lowest BCUT2D eigenvalue weighted by atomic mass is 9.84. The smallest absolute Gasteiger partial charge is 0.223 e. The maximum atomic E-state index is 11.8. The number of aliphatic hydroxyl groups is 1. The molecule has 1 aliphatic rings. The Hall–Kier alpha value is -1.35. The highest BCUT2D eigenvalue weighted by Crippen LogP contribution is 2.26. The molecule has 2 unspecified atom stereocenters. The molecule has 0 heterocycles. The highest BCUT2D eigenvalue weighted by molar-refractivity contribution is 5.79. The molecule has 1 aliphatic carbocycles. The summed E-state index contributed by atoms with van der Waals surface area (Å²) in [6.45, 7) is 1.87. The van der Waals surface area contributed by atoms with E-state index in [1.54, 1.807) is 0 Å². The molecule has 0 spiro atoms. The van der Waals surface area contributed by atoms with E-state index in [0.29, 0.717) is 6.42 Å². The number of amides is 1. The zero-order valence-electron chi connectivity index (χ0n) is 10.8. The van der Waals surface area contributed by atoms with Gasteiger partial charge in [-0.2, -0.15) is 0 Å². The van der Waals surface area contributed by atoms with Crippen molar-refractivity contribution < 1.29 is 9.90 Å². The summed E-state index contributed by atoms with van der Waals surface area (Å²) in [5, 5.41) is 13.0. The predicted octanol–water partition coefficient (Wildman–Crippen LogP) is 1.89. The largest absolute Gasteiger partial charge is 0.391 e. The lowest BCUT2D eigenvalue weighted by molar-refractivity contribution is -0.128. The fraction of sp³-hybridized carbons (Fsp3) is 0.533. The molecule has 1 saturated carbocycles. The molecule has 0 aliphatic heterocycles. The molecular formula is C15H21NO2. The minimum absolute atomic E-state index is 0.0980. The van der Waals surface area contributed by atoms with E-state index >= 15 is 0 Å². The number of carbonyl (C=O) groups is 1. The number of aliphatic hydroxyl groups excluding tert-OH is 1. The first-order valence-electron chi connectivity index (χ1n) is 6.69. The van der Waals surface area contributed by atoms with Crippen LogP contribution >= 0.6 is 0 Å². The Morgan fingerprint density at radius 3 is 2.61 bits per heavy atom. The summed E-state index contributed by atoms with van der Waals surface area (Å²) in [5.74, 6) is 0.275. The Balaban J connectivity index is 1.81. The fourth-order valence-corrected chi connectivity index (χ4v) is 2.14. The standard InChI is InChI=1S/C15H21NO2/c1-11(16-15(18)13-8-5-9-13)14(17)10-12-6-3-2-4-7-12/h2-4,6-7,11,13-14,17H,5,8-10H2,1H3,(H,16,18). The second-order valence-corrected chi connectivity index (χ2v) is 5.18. The number of carbonyl (C=O) groups excluding carboxylic acids is 1. The molecule has 0 aromatic heterocycles. The minimum atomic E-state index is -0.531. The van der Waals surface area contributed by atoms with Crippen molar-refractivity contribution in [2.45, 2.75) is 44.8 Å². The average molecular weight is 247 g/mol. The summed E-state index contributed by atoms with van der Waals surface area (Å²) in [5.41, 5.74) is 1.09. The molecule has 1 aromatic carbocycles. The summed E-state index contributed by atoms with van der Waals surface area (Å²) in [4.78, 5) is 11.8. The van der Waals surface area contributed by atoms with E-state index in [1.807, 2.05) is 37.3 Å². The Morgan fingerprint density at radius 2 is 2.06 bits per heavy atom. The second kappa shape index (κ2) is 6.01. The van der Waals surface area contributed by atoms with E-state index in [2.05, 4.69) is 5.32 Å². The van der Waals surface area contributed by atoms with Crippen molar-refractivity contribution in [3.8, 4) is 0 Å². The van der Waals surface area contributed by atoms with Crippen molar-refractivity contribution in [2.75, 3.05) is 0 Å². The normalized spacial score (nSPS) is 18.8. The SMILES string of the molecule is CC(NC(=O)C1CCC1)C(O)Cc1ccccc1. The average Bonchev–Trinajstić information content (AvgIpc) is 2.27. The van der Waals surface area contributed by atoms with Gasteiger partial charge in [0.05, 0.1) is 12.1 Å². The van der Waals surface area contributed by atoms with Crippen LogP contribution < -0.4 is 5.32 Å². The van der Waals surface area contributed by atoms with Gasteiger partial charge in [0.15, 0.2) is 0 Å². The first kappa shape index (κ1) is 13.1. The van der Waals surface area contributed by atoms with Gasteiger partial charge in [-0.3, -0.25) is 4.79 Å². The third-order valence-electron chi connectivity index (χ3n) is 3.71. The number of rotatable bonds is 5. The van der Waals surface area contributed by atoms with Gasteiger partial charge in [0.25, 0.3) is 0 Å². The van der Waals surface area contributed by atoms with Gasteiger partial charge in [-0.05, 0) is 25.3 Å². The van der Waals surface area contributed by atoms with Gasteiger partial charge in [-0.25, -0.2) is 0 Å². The van der Waals surface area contributed by atoms with Crippen molar-refractivity contribution in [3.05, 3.63) is 35.9 Å². The van der Waals surface area contributed by atoms with Gasteiger partial charge in [-0.15, -0.1) is 0 Å². The van der Waals surface area contributed by atoms with Crippen molar-refractivity contribution in [2.24, 2.45) is 5.92 Å². The molecule has 3 heteroatoms. The van der Waals surface area contributed by atoms with E-state index in [4.69, 9.17) is 0 Å². The number of hydrogen-bond acceptors (Lipinski definition) is 2. The molecule has 0 radical (unpaired) electrons. The summed E-state index contributed by atoms with van der Waals surface area (Å²) in [7, 11) is 0. The van der Waals surface area contributed by atoms with Crippen LogP contribution in [0.2, 0.25) is 0 Å². The van der Waals surface area contributed by atoms with Crippen LogP contribution in [0.15, 0.2) is 30.3 Å². The van der Waals surface area contributed by atoms with Crippen molar-refractivity contribution in [1.82, 2.24) is 5.32 Å². The van der Waals surface area contributed by atoms with Crippen LogP contribution in [0.4, 0.5) is 0 Å². The Bertz CT molecular complexity index is 387. The number of hydrogen-bond donors (Lipinski definition) is 2.